The highest BCUT2D eigenvalue weighted by atomic mass is 15.3. The summed E-state index contributed by atoms with van der Waals surface area (Å²) in [6, 6.07) is 0.424. The van der Waals surface area contributed by atoms with E-state index in [0.29, 0.717) is 12.0 Å². The zero-order valence-electron chi connectivity index (χ0n) is 12.2. The lowest BCUT2D eigenvalue weighted by atomic mass is 10.1. The second kappa shape index (κ2) is 6.20. The van der Waals surface area contributed by atoms with Crippen LogP contribution in [-0.4, -0.2) is 22.9 Å². The number of hydrogen-bond donors (Lipinski definition) is 1. The number of nitrogens with one attached hydrogen (secondary N) is 1. The van der Waals surface area contributed by atoms with Crippen molar-refractivity contribution >= 4 is 0 Å². The Morgan fingerprint density at radius 3 is 2.29 bits per heavy atom. The van der Waals surface area contributed by atoms with Gasteiger partial charge in [0.05, 0.1) is 11.7 Å². The minimum Gasteiger partial charge on any atom is -0.314 e. The number of hydrogen-bond acceptors (Lipinski definition) is 2. The monoisotopic (exact) mass is 237 g/mol. The Kier molecular flexibility index (Phi) is 5.19. The first-order valence-corrected chi connectivity index (χ1v) is 6.72. The first-order chi connectivity index (χ1) is 7.97. The van der Waals surface area contributed by atoms with Crippen LogP contribution >= 0.6 is 0 Å². The van der Waals surface area contributed by atoms with Crippen molar-refractivity contribution in [1.29, 1.82) is 0 Å². The molecule has 1 aromatic rings. The van der Waals surface area contributed by atoms with E-state index in [-0.39, 0.29) is 0 Å². The van der Waals surface area contributed by atoms with Crippen LogP contribution in [0, 0.1) is 19.8 Å². The average molecular weight is 237 g/mol. The molecular formula is C14H27N3. The molecule has 0 amide bonds. The lowest BCUT2D eigenvalue weighted by Gasteiger charge is -2.16. The topological polar surface area (TPSA) is 29.9 Å². The van der Waals surface area contributed by atoms with Gasteiger partial charge < -0.3 is 5.32 Å². The summed E-state index contributed by atoms with van der Waals surface area (Å²) in [7, 11) is 0. The van der Waals surface area contributed by atoms with E-state index in [9.17, 15) is 0 Å². The van der Waals surface area contributed by atoms with E-state index in [2.05, 4.69) is 56.6 Å². The summed E-state index contributed by atoms with van der Waals surface area (Å²) in [6.45, 7) is 15.2. The standard InChI is InChI=1S/C14H27N3/c1-7-14-12(5)16-17(13(14)6)11(4)9-15-8-10(2)3/h10-11,15H,7-9H2,1-6H3. The quantitative estimate of drug-likeness (QED) is 0.824. The molecule has 0 saturated heterocycles. The van der Waals surface area contributed by atoms with Gasteiger partial charge in [-0.3, -0.25) is 4.68 Å². The van der Waals surface area contributed by atoms with Crippen molar-refractivity contribution in [2.75, 3.05) is 13.1 Å². The molecule has 1 N–H and O–H groups in total. The van der Waals surface area contributed by atoms with Crippen molar-refractivity contribution in [3.8, 4) is 0 Å². The molecule has 0 spiro atoms. The lowest BCUT2D eigenvalue weighted by Crippen LogP contribution is -2.27. The van der Waals surface area contributed by atoms with Gasteiger partial charge in [-0.1, -0.05) is 20.8 Å². The van der Waals surface area contributed by atoms with Gasteiger partial charge in [0, 0.05) is 12.2 Å². The van der Waals surface area contributed by atoms with Crippen LogP contribution in [0.15, 0.2) is 0 Å². The minimum atomic E-state index is 0.424. The summed E-state index contributed by atoms with van der Waals surface area (Å²) >= 11 is 0. The molecule has 1 aromatic heterocycles. The maximum atomic E-state index is 4.66. The van der Waals surface area contributed by atoms with Crippen LogP contribution in [0.5, 0.6) is 0 Å². The van der Waals surface area contributed by atoms with Crippen LogP contribution in [0.25, 0.3) is 0 Å². The van der Waals surface area contributed by atoms with Crippen molar-refractivity contribution in [3.05, 3.63) is 17.0 Å². The first-order valence-electron chi connectivity index (χ1n) is 6.72. The molecule has 0 aliphatic rings. The fourth-order valence-corrected chi connectivity index (χ4v) is 2.31. The molecule has 17 heavy (non-hydrogen) atoms. The molecule has 3 nitrogen and oxygen atoms in total. The maximum Gasteiger partial charge on any atom is 0.0628 e. The molecule has 98 valence electrons. The molecule has 3 heteroatoms. The van der Waals surface area contributed by atoms with Crippen LogP contribution in [0.3, 0.4) is 0 Å². The van der Waals surface area contributed by atoms with Crippen molar-refractivity contribution in [2.24, 2.45) is 5.92 Å². The zero-order valence-corrected chi connectivity index (χ0v) is 12.2. The fraction of sp³-hybridized carbons (Fsp3) is 0.786. The highest BCUT2D eigenvalue weighted by Crippen LogP contribution is 2.17. The lowest BCUT2D eigenvalue weighted by molar-refractivity contribution is 0.427. The molecule has 0 fully saturated rings. The largest absolute Gasteiger partial charge is 0.314 e. The van der Waals surface area contributed by atoms with Gasteiger partial charge in [0.2, 0.25) is 0 Å². The molecule has 0 radical (unpaired) electrons. The predicted octanol–water partition coefficient (Wildman–Crippen LogP) is 2.87. The SMILES string of the molecule is CCc1c(C)nn(C(C)CNCC(C)C)c1C. The molecule has 0 bridgehead atoms. The Balaban J connectivity index is 2.66. The summed E-state index contributed by atoms with van der Waals surface area (Å²) < 4.78 is 2.17. The van der Waals surface area contributed by atoms with Gasteiger partial charge in [-0.2, -0.15) is 5.10 Å². The van der Waals surface area contributed by atoms with Crippen LogP contribution < -0.4 is 5.32 Å². The Bertz CT molecular complexity index is 353. The Morgan fingerprint density at radius 2 is 1.82 bits per heavy atom. The molecule has 0 aliphatic carbocycles. The Labute approximate surface area is 106 Å². The molecule has 0 aliphatic heterocycles. The summed E-state index contributed by atoms with van der Waals surface area (Å²) in [4.78, 5) is 0. The second-order valence-corrected chi connectivity index (χ2v) is 5.35. The summed E-state index contributed by atoms with van der Waals surface area (Å²) in [5, 5.41) is 8.15. The summed E-state index contributed by atoms with van der Waals surface area (Å²) in [6.07, 6.45) is 1.07. The van der Waals surface area contributed by atoms with E-state index >= 15 is 0 Å². The molecule has 0 saturated carbocycles. The van der Waals surface area contributed by atoms with E-state index in [0.717, 1.165) is 19.5 Å². The number of nitrogens with zero attached hydrogens (tertiary/aromatic N) is 2. The third-order valence-corrected chi connectivity index (χ3v) is 3.24. The number of aromatic nitrogens is 2. The van der Waals surface area contributed by atoms with Crippen LogP contribution in [0.4, 0.5) is 0 Å². The Morgan fingerprint density at radius 1 is 1.18 bits per heavy atom. The van der Waals surface area contributed by atoms with Crippen molar-refractivity contribution in [1.82, 2.24) is 15.1 Å². The van der Waals surface area contributed by atoms with Gasteiger partial charge in [0.1, 0.15) is 0 Å². The summed E-state index contributed by atoms with van der Waals surface area (Å²) in [5.74, 6) is 0.703. The second-order valence-electron chi connectivity index (χ2n) is 5.35. The van der Waals surface area contributed by atoms with Gasteiger partial charge in [-0.05, 0) is 45.2 Å². The van der Waals surface area contributed by atoms with E-state index in [4.69, 9.17) is 0 Å². The zero-order chi connectivity index (χ0) is 13.0. The normalized spacial score (nSPS) is 13.4. The first kappa shape index (κ1) is 14.2. The van der Waals surface area contributed by atoms with E-state index < -0.39 is 0 Å². The third kappa shape index (κ3) is 3.56. The van der Waals surface area contributed by atoms with Crippen LogP contribution in [0.1, 0.15) is 50.7 Å². The van der Waals surface area contributed by atoms with Crippen molar-refractivity contribution in [2.45, 2.75) is 54.0 Å². The van der Waals surface area contributed by atoms with Gasteiger partial charge in [0.25, 0.3) is 0 Å². The van der Waals surface area contributed by atoms with Crippen LogP contribution in [0.2, 0.25) is 0 Å². The molecule has 1 atom stereocenters. The number of aryl methyl sites for hydroxylation is 1. The van der Waals surface area contributed by atoms with Crippen molar-refractivity contribution < 1.29 is 0 Å². The molecular weight excluding hydrogens is 210 g/mol. The minimum absolute atomic E-state index is 0.424. The van der Waals surface area contributed by atoms with Gasteiger partial charge in [-0.15, -0.1) is 0 Å². The van der Waals surface area contributed by atoms with Gasteiger partial charge >= 0.3 is 0 Å². The highest BCUT2D eigenvalue weighted by Gasteiger charge is 2.14. The summed E-state index contributed by atoms with van der Waals surface area (Å²) in [5.41, 5.74) is 3.91. The highest BCUT2D eigenvalue weighted by molar-refractivity contribution is 5.24. The molecule has 1 rings (SSSR count). The average Bonchev–Trinajstić information content (AvgIpc) is 2.53. The van der Waals surface area contributed by atoms with Gasteiger partial charge in [-0.25, -0.2) is 0 Å². The van der Waals surface area contributed by atoms with Crippen LogP contribution in [-0.2, 0) is 6.42 Å². The van der Waals surface area contributed by atoms with Gasteiger partial charge in [0.15, 0.2) is 0 Å². The van der Waals surface area contributed by atoms with Crippen molar-refractivity contribution in [3.63, 3.8) is 0 Å². The molecule has 1 heterocycles. The Hall–Kier alpha value is -0.830. The third-order valence-electron chi connectivity index (χ3n) is 3.24. The predicted molar refractivity (Wildman–Crippen MR) is 73.5 cm³/mol. The molecule has 0 aromatic carbocycles. The number of rotatable bonds is 6. The smallest absolute Gasteiger partial charge is 0.0628 e. The van der Waals surface area contributed by atoms with E-state index in [1.54, 1.807) is 0 Å². The maximum absolute atomic E-state index is 4.66. The fourth-order valence-electron chi connectivity index (χ4n) is 2.31. The van der Waals surface area contributed by atoms with E-state index in [1.807, 2.05) is 0 Å². The molecule has 1 unspecified atom stereocenters. The van der Waals surface area contributed by atoms with E-state index in [1.165, 1.54) is 17.0 Å².